The van der Waals surface area contributed by atoms with Gasteiger partial charge >= 0.3 is 0 Å². The summed E-state index contributed by atoms with van der Waals surface area (Å²) in [6.45, 7) is 6.19. The van der Waals surface area contributed by atoms with Crippen molar-refractivity contribution in [3.8, 4) is 11.5 Å². The molecule has 3 heterocycles. The molecule has 2 aliphatic heterocycles. The van der Waals surface area contributed by atoms with E-state index in [0.717, 1.165) is 56.8 Å². The third kappa shape index (κ3) is 7.27. The summed E-state index contributed by atoms with van der Waals surface area (Å²) in [5.74, 6) is 2.13. The molecule has 2 fully saturated rings. The molecule has 7 nitrogen and oxygen atoms in total. The van der Waals surface area contributed by atoms with Gasteiger partial charge in [-0.25, -0.2) is 0 Å². The monoisotopic (exact) mass is 541 g/mol. The number of piperidine rings is 2. The van der Waals surface area contributed by atoms with Gasteiger partial charge in [-0.05, 0) is 80.7 Å². The molecule has 2 aromatic carbocycles. The van der Waals surface area contributed by atoms with Gasteiger partial charge in [0.05, 0.1) is 12.7 Å². The van der Waals surface area contributed by atoms with Gasteiger partial charge < -0.3 is 14.4 Å². The molecule has 40 heavy (non-hydrogen) atoms. The van der Waals surface area contributed by atoms with Crippen LogP contribution in [0.3, 0.4) is 0 Å². The van der Waals surface area contributed by atoms with E-state index in [9.17, 15) is 9.59 Å². The molecule has 0 atom stereocenters. The third-order valence-electron chi connectivity index (χ3n) is 8.07. The van der Waals surface area contributed by atoms with E-state index in [1.165, 1.54) is 11.1 Å². The highest BCUT2D eigenvalue weighted by Gasteiger charge is 2.26. The first-order chi connectivity index (χ1) is 19.5. The number of likely N-dealkylation sites (tertiary alicyclic amines) is 2. The Morgan fingerprint density at radius 2 is 1.65 bits per heavy atom. The first kappa shape index (κ1) is 27.8. The second-order valence-corrected chi connectivity index (χ2v) is 11.1. The number of pyridine rings is 1. The Labute approximate surface area is 237 Å². The maximum absolute atomic E-state index is 13.0. The fourth-order valence-electron chi connectivity index (χ4n) is 5.60. The van der Waals surface area contributed by atoms with Crippen molar-refractivity contribution in [2.75, 3.05) is 33.3 Å². The van der Waals surface area contributed by atoms with Gasteiger partial charge in [0.2, 0.25) is 0 Å². The number of rotatable bonds is 9. The maximum atomic E-state index is 13.0. The lowest BCUT2D eigenvalue weighted by Crippen LogP contribution is -2.41. The van der Waals surface area contributed by atoms with E-state index in [-0.39, 0.29) is 17.8 Å². The van der Waals surface area contributed by atoms with Gasteiger partial charge in [-0.3, -0.25) is 19.5 Å². The zero-order chi connectivity index (χ0) is 27.9. The van der Waals surface area contributed by atoms with Crippen LogP contribution in [-0.2, 0) is 6.54 Å². The number of aromatic nitrogens is 1. The van der Waals surface area contributed by atoms with E-state index in [0.29, 0.717) is 36.7 Å². The average Bonchev–Trinajstić information content (AvgIpc) is 2.99. The topological polar surface area (TPSA) is 72.0 Å². The Morgan fingerprint density at radius 1 is 0.900 bits per heavy atom. The molecule has 0 bridgehead atoms. The predicted octanol–water partition coefficient (Wildman–Crippen LogP) is 5.57. The van der Waals surface area contributed by atoms with Gasteiger partial charge in [0.15, 0.2) is 5.78 Å². The van der Waals surface area contributed by atoms with Crippen LogP contribution in [0.5, 0.6) is 11.5 Å². The van der Waals surface area contributed by atoms with Crippen molar-refractivity contribution in [3.05, 3.63) is 89.2 Å². The highest BCUT2D eigenvalue weighted by atomic mass is 16.5. The van der Waals surface area contributed by atoms with E-state index in [2.05, 4.69) is 28.9 Å². The summed E-state index contributed by atoms with van der Waals surface area (Å²) in [4.78, 5) is 34.7. The molecule has 3 aromatic rings. The standard InChI is InChI=1S/C33H39N3O4/c1-24-6-9-28(10-7-24)40-29-14-18-36(19-15-29)33(38)27-8-11-31(34-22-27)32(37)21-25-12-16-35(17-13-25)23-26-4-3-5-30(20-26)39-2/h3-11,20,22,25,29H,12-19,21,23H2,1-2H3. The molecule has 0 radical (unpaired) electrons. The van der Waals surface area contributed by atoms with Crippen molar-refractivity contribution < 1.29 is 19.1 Å². The first-order valence-electron chi connectivity index (χ1n) is 14.3. The lowest BCUT2D eigenvalue weighted by molar-refractivity contribution is 0.0594. The smallest absolute Gasteiger partial charge is 0.255 e. The number of benzene rings is 2. The van der Waals surface area contributed by atoms with Crippen molar-refractivity contribution in [2.45, 2.75) is 51.7 Å². The minimum Gasteiger partial charge on any atom is -0.497 e. The van der Waals surface area contributed by atoms with E-state index >= 15 is 0 Å². The van der Waals surface area contributed by atoms with Crippen LogP contribution >= 0.6 is 0 Å². The molecule has 7 heteroatoms. The molecule has 2 aliphatic rings. The molecule has 0 aliphatic carbocycles. The van der Waals surface area contributed by atoms with Crippen LogP contribution in [0.25, 0.3) is 0 Å². The molecule has 210 valence electrons. The summed E-state index contributed by atoms with van der Waals surface area (Å²) in [5.41, 5.74) is 3.42. The van der Waals surface area contributed by atoms with Gasteiger partial charge in [0, 0.05) is 45.1 Å². The fourth-order valence-corrected chi connectivity index (χ4v) is 5.60. The number of aryl methyl sites for hydroxylation is 1. The molecule has 2 saturated heterocycles. The predicted molar refractivity (Wildman–Crippen MR) is 155 cm³/mol. The van der Waals surface area contributed by atoms with E-state index in [1.54, 1.807) is 25.4 Å². The maximum Gasteiger partial charge on any atom is 0.255 e. The zero-order valence-corrected chi connectivity index (χ0v) is 23.6. The van der Waals surface area contributed by atoms with E-state index < -0.39 is 0 Å². The van der Waals surface area contributed by atoms with Crippen LogP contribution in [0.1, 0.15) is 64.1 Å². The Balaban J connectivity index is 1.05. The number of carbonyl (C=O) groups is 2. The van der Waals surface area contributed by atoms with Crippen LogP contribution < -0.4 is 9.47 Å². The van der Waals surface area contributed by atoms with Crippen LogP contribution in [0.2, 0.25) is 0 Å². The number of hydrogen-bond donors (Lipinski definition) is 0. The number of amides is 1. The number of ketones is 1. The molecule has 0 saturated carbocycles. The highest BCUT2D eigenvalue weighted by Crippen LogP contribution is 2.25. The van der Waals surface area contributed by atoms with Crippen molar-refractivity contribution >= 4 is 11.7 Å². The Bertz CT molecular complexity index is 1280. The normalized spacial score (nSPS) is 17.0. The second kappa shape index (κ2) is 13.1. The first-order valence-corrected chi connectivity index (χ1v) is 14.3. The van der Waals surface area contributed by atoms with E-state index in [1.807, 2.05) is 41.3 Å². The van der Waals surface area contributed by atoms with Crippen molar-refractivity contribution in [2.24, 2.45) is 5.92 Å². The molecule has 5 rings (SSSR count). The summed E-state index contributed by atoms with van der Waals surface area (Å²) in [6.07, 6.45) is 5.75. The largest absolute Gasteiger partial charge is 0.497 e. The molecule has 1 aromatic heterocycles. The van der Waals surface area contributed by atoms with Crippen LogP contribution in [0.15, 0.2) is 66.9 Å². The van der Waals surface area contributed by atoms with Gasteiger partial charge in [0.25, 0.3) is 5.91 Å². The Kier molecular flexibility index (Phi) is 9.12. The summed E-state index contributed by atoms with van der Waals surface area (Å²) >= 11 is 0. The number of hydrogen-bond acceptors (Lipinski definition) is 6. The minimum absolute atomic E-state index is 0.0382. The molecular weight excluding hydrogens is 502 g/mol. The lowest BCUT2D eigenvalue weighted by atomic mass is 9.90. The highest BCUT2D eigenvalue weighted by molar-refractivity contribution is 5.97. The number of nitrogens with zero attached hydrogens (tertiary/aromatic N) is 3. The van der Waals surface area contributed by atoms with Crippen molar-refractivity contribution in [3.63, 3.8) is 0 Å². The van der Waals surface area contributed by atoms with Crippen molar-refractivity contribution in [1.82, 2.24) is 14.8 Å². The second-order valence-electron chi connectivity index (χ2n) is 11.1. The number of ether oxygens (including phenoxy) is 2. The number of carbonyl (C=O) groups excluding carboxylic acids is 2. The van der Waals surface area contributed by atoms with Gasteiger partial charge in [0.1, 0.15) is 23.3 Å². The molecule has 0 N–H and O–H groups in total. The zero-order valence-electron chi connectivity index (χ0n) is 23.6. The van der Waals surface area contributed by atoms with Gasteiger partial charge in [-0.15, -0.1) is 0 Å². The lowest BCUT2D eigenvalue weighted by Gasteiger charge is -2.32. The minimum atomic E-state index is -0.0382. The summed E-state index contributed by atoms with van der Waals surface area (Å²) in [6, 6.07) is 19.7. The summed E-state index contributed by atoms with van der Waals surface area (Å²) < 4.78 is 11.4. The third-order valence-corrected chi connectivity index (χ3v) is 8.07. The molecule has 0 unspecified atom stereocenters. The Morgan fingerprint density at radius 3 is 2.33 bits per heavy atom. The molecule has 1 amide bonds. The number of Topliss-reactive ketones (excluding diaryl/α,β-unsaturated/α-hetero) is 1. The quantitative estimate of drug-likeness (QED) is 0.330. The van der Waals surface area contributed by atoms with Crippen LogP contribution in [-0.4, -0.2) is 65.9 Å². The van der Waals surface area contributed by atoms with Crippen molar-refractivity contribution in [1.29, 1.82) is 0 Å². The van der Waals surface area contributed by atoms with E-state index in [4.69, 9.17) is 9.47 Å². The SMILES string of the molecule is COc1cccc(CN2CCC(CC(=O)c3ccc(C(=O)N4CCC(Oc5ccc(C)cc5)CC4)cn3)CC2)c1. The summed E-state index contributed by atoms with van der Waals surface area (Å²) in [7, 11) is 1.69. The molecular formula is C33H39N3O4. The molecule has 0 spiro atoms. The average molecular weight is 542 g/mol. The van der Waals surface area contributed by atoms with Crippen LogP contribution in [0, 0.1) is 12.8 Å². The van der Waals surface area contributed by atoms with Crippen LogP contribution in [0.4, 0.5) is 0 Å². The Hall–Kier alpha value is -3.71. The number of methoxy groups -OCH3 is 1. The summed E-state index contributed by atoms with van der Waals surface area (Å²) in [5, 5.41) is 0. The fraction of sp³-hybridized carbons (Fsp3) is 0.424. The van der Waals surface area contributed by atoms with Gasteiger partial charge in [-0.1, -0.05) is 29.8 Å². The van der Waals surface area contributed by atoms with Gasteiger partial charge in [-0.2, -0.15) is 0 Å².